The van der Waals surface area contributed by atoms with Crippen molar-refractivity contribution in [1.29, 1.82) is 0 Å². The van der Waals surface area contributed by atoms with E-state index in [9.17, 15) is 4.79 Å². The molecule has 1 aliphatic heterocycles. The maximum Gasteiger partial charge on any atom is 0.228 e. The van der Waals surface area contributed by atoms with Gasteiger partial charge in [0.05, 0.1) is 17.1 Å². The Bertz CT molecular complexity index is 684. The van der Waals surface area contributed by atoms with Gasteiger partial charge in [-0.15, -0.1) is 12.4 Å². The second-order valence-electron chi connectivity index (χ2n) is 6.34. The van der Waals surface area contributed by atoms with Gasteiger partial charge in [-0.2, -0.15) is 5.10 Å². The van der Waals surface area contributed by atoms with E-state index in [0.29, 0.717) is 32.6 Å². The molecule has 1 amide bonds. The zero-order chi connectivity index (χ0) is 17.0. The van der Waals surface area contributed by atoms with Crippen LogP contribution in [0.15, 0.2) is 42.7 Å². The predicted molar refractivity (Wildman–Crippen MR) is 98.9 cm³/mol. The number of nitrogens with zero attached hydrogens (tertiary/aromatic N) is 2. The highest BCUT2D eigenvalue weighted by atomic mass is 35.5. The van der Waals surface area contributed by atoms with Crippen molar-refractivity contribution >= 4 is 18.3 Å². The number of nitrogens with two attached hydrogens (primary N) is 1. The van der Waals surface area contributed by atoms with Crippen molar-refractivity contribution in [3.05, 3.63) is 48.3 Å². The molecule has 1 aromatic carbocycles. The maximum atomic E-state index is 12.8. The van der Waals surface area contributed by atoms with Gasteiger partial charge in [-0.1, -0.05) is 12.1 Å². The molecule has 3 rings (SSSR count). The third-order valence-corrected chi connectivity index (χ3v) is 4.81. The Balaban J connectivity index is 0.00000225. The van der Waals surface area contributed by atoms with Crippen molar-refractivity contribution in [1.82, 2.24) is 15.1 Å². The lowest BCUT2D eigenvalue weighted by molar-refractivity contribution is -0.136. The van der Waals surface area contributed by atoms with E-state index in [4.69, 9.17) is 10.5 Å². The summed E-state index contributed by atoms with van der Waals surface area (Å²) in [5, 5.41) is 7.37. The zero-order valence-electron chi connectivity index (χ0n) is 14.4. The maximum absolute atomic E-state index is 12.8. The Morgan fingerprint density at radius 3 is 2.80 bits per heavy atom. The quantitative estimate of drug-likeness (QED) is 0.852. The van der Waals surface area contributed by atoms with E-state index in [0.717, 1.165) is 11.3 Å². The van der Waals surface area contributed by atoms with E-state index in [1.165, 1.54) is 0 Å². The van der Waals surface area contributed by atoms with E-state index < -0.39 is 5.41 Å². The third kappa shape index (κ3) is 4.21. The SMILES string of the molecule is CC(NC(=O)C1(CN)CCOCC1)c1cccc(-n2cccn2)c1.Cl. The van der Waals surface area contributed by atoms with Gasteiger partial charge in [0.25, 0.3) is 0 Å². The average molecular weight is 365 g/mol. The van der Waals surface area contributed by atoms with E-state index in [-0.39, 0.29) is 24.4 Å². The van der Waals surface area contributed by atoms with Crippen LogP contribution in [-0.2, 0) is 9.53 Å². The van der Waals surface area contributed by atoms with Crippen LogP contribution in [0.2, 0.25) is 0 Å². The molecule has 1 fully saturated rings. The molecule has 1 unspecified atom stereocenters. The van der Waals surface area contributed by atoms with Gasteiger partial charge in [0, 0.05) is 32.2 Å². The number of nitrogens with one attached hydrogen (secondary N) is 1. The number of halogens is 1. The monoisotopic (exact) mass is 364 g/mol. The van der Waals surface area contributed by atoms with E-state index in [1.807, 2.05) is 43.5 Å². The first kappa shape index (κ1) is 19.4. The molecule has 1 aliphatic rings. The summed E-state index contributed by atoms with van der Waals surface area (Å²) in [6, 6.07) is 9.80. The van der Waals surface area contributed by atoms with Crippen LogP contribution in [0, 0.1) is 5.41 Å². The Morgan fingerprint density at radius 2 is 2.16 bits per heavy atom. The van der Waals surface area contributed by atoms with Gasteiger partial charge in [0.1, 0.15) is 0 Å². The van der Waals surface area contributed by atoms with Gasteiger partial charge in [0.15, 0.2) is 0 Å². The summed E-state index contributed by atoms with van der Waals surface area (Å²) in [5.74, 6) is 0.0188. The summed E-state index contributed by atoms with van der Waals surface area (Å²) >= 11 is 0. The number of carbonyl (C=O) groups excluding carboxylic acids is 1. The normalized spacial score (nSPS) is 17.4. The minimum Gasteiger partial charge on any atom is -0.381 e. The summed E-state index contributed by atoms with van der Waals surface area (Å²) in [6.07, 6.45) is 4.99. The molecule has 2 heterocycles. The number of carbonyl (C=O) groups is 1. The highest BCUT2D eigenvalue weighted by Crippen LogP contribution is 2.30. The molecule has 1 saturated heterocycles. The number of amides is 1. The van der Waals surface area contributed by atoms with Crippen molar-refractivity contribution in [2.24, 2.45) is 11.1 Å². The minimum atomic E-state index is -0.508. The van der Waals surface area contributed by atoms with Gasteiger partial charge in [-0.25, -0.2) is 4.68 Å². The van der Waals surface area contributed by atoms with E-state index >= 15 is 0 Å². The van der Waals surface area contributed by atoms with Crippen molar-refractivity contribution in [2.75, 3.05) is 19.8 Å². The molecule has 2 aromatic rings. The number of ether oxygens (including phenoxy) is 1. The summed E-state index contributed by atoms with van der Waals surface area (Å²) < 4.78 is 7.18. The van der Waals surface area contributed by atoms with Crippen LogP contribution >= 0.6 is 12.4 Å². The predicted octanol–water partition coefficient (Wildman–Crippen LogP) is 2.23. The first-order chi connectivity index (χ1) is 11.6. The summed E-state index contributed by atoms with van der Waals surface area (Å²) in [6.45, 7) is 3.52. The van der Waals surface area contributed by atoms with Crippen molar-refractivity contribution < 1.29 is 9.53 Å². The average Bonchev–Trinajstić information content (AvgIpc) is 3.17. The standard InChI is InChI=1S/C18H24N4O2.ClH/c1-14(21-17(23)18(13-19)6-10-24-11-7-18)15-4-2-5-16(12-15)22-9-3-8-20-22;/h2-5,8-9,12,14H,6-7,10-11,13,19H2,1H3,(H,21,23);1H. The largest absolute Gasteiger partial charge is 0.381 e. The third-order valence-electron chi connectivity index (χ3n) is 4.81. The smallest absolute Gasteiger partial charge is 0.228 e. The first-order valence-electron chi connectivity index (χ1n) is 8.33. The highest BCUT2D eigenvalue weighted by molar-refractivity contribution is 5.85. The lowest BCUT2D eigenvalue weighted by Crippen LogP contribution is -2.49. The number of rotatable bonds is 5. The van der Waals surface area contributed by atoms with Crippen molar-refractivity contribution in [3.8, 4) is 5.69 Å². The molecule has 3 N–H and O–H groups in total. The fraction of sp³-hybridized carbons (Fsp3) is 0.444. The molecule has 0 spiro atoms. The zero-order valence-corrected chi connectivity index (χ0v) is 15.2. The van der Waals surface area contributed by atoms with Gasteiger partial charge in [-0.05, 0) is 43.5 Å². The molecule has 0 bridgehead atoms. The van der Waals surface area contributed by atoms with Gasteiger partial charge in [0.2, 0.25) is 5.91 Å². The molecule has 6 nitrogen and oxygen atoms in total. The molecule has 25 heavy (non-hydrogen) atoms. The molecule has 136 valence electrons. The minimum absolute atomic E-state index is 0. The van der Waals surface area contributed by atoms with E-state index in [2.05, 4.69) is 10.4 Å². The Hall–Kier alpha value is -1.89. The molecular formula is C18H25ClN4O2. The molecule has 0 aliphatic carbocycles. The van der Waals surface area contributed by atoms with Crippen LogP contribution in [0.1, 0.15) is 31.4 Å². The summed E-state index contributed by atoms with van der Waals surface area (Å²) in [5.41, 5.74) is 7.41. The lowest BCUT2D eigenvalue weighted by Gasteiger charge is -2.35. The van der Waals surface area contributed by atoms with Gasteiger partial charge < -0.3 is 15.8 Å². The number of hydrogen-bond acceptors (Lipinski definition) is 4. The first-order valence-corrected chi connectivity index (χ1v) is 8.33. The second kappa shape index (κ2) is 8.47. The second-order valence-corrected chi connectivity index (χ2v) is 6.34. The summed E-state index contributed by atoms with van der Waals surface area (Å²) in [7, 11) is 0. The molecule has 0 radical (unpaired) electrons. The molecule has 1 aromatic heterocycles. The van der Waals surface area contributed by atoms with Gasteiger partial charge >= 0.3 is 0 Å². The highest BCUT2D eigenvalue weighted by Gasteiger charge is 2.39. The van der Waals surface area contributed by atoms with Crippen LogP contribution in [0.3, 0.4) is 0 Å². The topological polar surface area (TPSA) is 82.2 Å². The molecule has 0 saturated carbocycles. The Kier molecular flexibility index (Phi) is 6.58. The van der Waals surface area contributed by atoms with Crippen LogP contribution in [0.5, 0.6) is 0 Å². The number of hydrogen-bond donors (Lipinski definition) is 2. The number of benzene rings is 1. The van der Waals surface area contributed by atoms with E-state index in [1.54, 1.807) is 10.9 Å². The molecular weight excluding hydrogens is 340 g/mol. The Morgan fingerprint density at radius 1 is 1.40 bits per heavy atom. The Labute approximate surface area is 154 Å². The van der Waals surface area contributed by atoms with Crippen LogP contribution in [-0.4, -0.2) is 35.4 Å². The molecule has 1 atom stereocenters. The van der Waals surface area contributed by atoms with Crippen LogP contribution in [0.25, 0.3) is 5.69 Å². The number of aromatic nitrogens is 2. The van der Waals surface area contributed by atoms with Crippen molar-refractivity contribution in [2.45, 2.75) is 25.8 Å². The lowest BCUT2D eigenvalue weighted by atomic mass is 9.79. The van der Waals surface area contributed by atoms with Crippen LogP contribution in [0.4, 0.5) is 0 Å². The fourth-order valence-corrected chi connectivity index (χ4v) is 3.08. The fourth-order valence-electron chi connectivity index (χ4n) is 3.08. The molecule has 7 heteroatoms. The van der Waals surface area contributed by atoms with Gasteiger partial charge in [-0.3, -0.25) is 4.79 Å². The van der Waals surface area contributed by atoms with Crippen LogP contribution < -0.4 is 11.1 Å². The van der Waals surface area contributed by atoms with Crippen molar-refractivity contribution in [3.63, 3.8) is 0 Å². The summed E-state index contributed by atoms with van der Waals surface area (Å²) in [4.78, 5) is 12.8.